The Morgan fingerprint density at radius 3 is 2.77 bits per heavy atom. The number of ether oxygens (including phenoxy) is 1. The Bertz CT molecular complexity index is 632. The van der Waals surface area contributed by atoms with Crippen LogP contribution in [0.2, 0.25) is 0 Å². The lowest BCUT2D eigenvalue weighted by atomic mass is 10.1. The van der Waals surface area contributed by atoms with Crippen molar-refractivity contribution in [2.45, 2.75) is 32.9 Å². The highest BCUT2D eigenvalue weighted by Gasteiger charge is 2.36. The first kappa shape index (κ1) is 16.7. The Hall–Kier alpha value is -1.69. The van der Waals surface area contributed by atoms with E-state index in [0.717, 1.165) is 5.56 Å². The lowest BCUT2D eigenvalue weighted by Crippen LogP contribution is -2.28. The Morgan fingerprint density at radius 1 is 1.45 bits per heavy atom. The van der Waals surface area contributed by atoms with Crippen molar-refractivity contribution in [2.75, 3.05) is 6.73 Å². The Morgan fingerprint density at radius 2 is 2.14 bits per heavy atom. The summed E-state index contributed by atoms with van der Waals surface area (Å²) in [5.41, 5.74) is 0.0183. The molecule has 7 nitrogen and oxygen atoms in total. The smallest absolute Gasteiger partial charge is 0.435 e. The van der Waals surface area contributed by atoms with Gasteiger partial charge in [-0.2, -0.15) is 0 Å². The summed E-state index contributed by atoms with van der Waals surface area (Å²) >= 11 is 0. The fourth-order valence-electron chi connectivity index (χ4n) is 2.00. The van der Waals surface area contributed by atoms with Gasteiger partial charge in [0.1, 0.15) is 0 Å². The number of hydrogen-bond donors (Lipinski definition) is 1. The SMILES string of the molecule is CCC(C)OP(=O)(O)C(=O)OCN1Cc2ccccc2C1=O. The number of fused-ring (bicyclic) bond motifs is 1. The van der Waals surface area contributed by atoms with Crippen molar-refractivity contribution in [2.24, 2.45) is 0 Å². The summed E-state index contributed by atoms with van der Waals surface area (Å²) in [4.78, 5) is 34.5. The minimum Gasteiger partial charge on any atom is -0.435 e. The lowest BCUT2D eigenvalue weighted by molar-refractivity contribution is 0.0515. The molecule has 0 saturated carbocycles. The zero-order valence-corrected chi connectivity index (χ0v) is 13.3. The maximum absolute atomic E-state index is 12.1. The first-order valence-corrected chi connectivity index (χ1v) is 8.48. The molecular formula is C14H18NO6P. The van der Waals surface area contributed by atoms with E-state index in [9.17, 15) is 19.0 Å². The molecule has 1 heterocycles. The second-order valence-electron chi connectivity index (χ2n) is 5.04. The van der Waals surface area contributed by atoms with E-state index in [1.165, 1.54) is 4.90 Å². The van der Waals surface area contributed by atoms with E-state index in [4.69, 9.17) is 9.26 Å². The molecule has 1 amide bonds. The number of carbonyl (C=O) groups excluding carboxylic acids is 2. The van der Waals surface area contributed by atoms with Crippen LogP contribution in [0.15, 0.2) is 24.3 Å². The van der Waals surface area contributed by atoms with E-state index in [2.05, 4.69) is 0 Å². The number of nitrogens with zero attached hydrogens (tertiary/aromatic N) is 1. The van der Waals surface area contributed by atoms with Gasteiger partial charge in [0.25, 0.3) is 5.91 Å². The van der Waals surface area contributed by atoms with E-state index in [1.807, 2.05) is 6.07 Å². The Labute approximate surface area is 128 Å². The molecule has 0 saturated heterocycles. The van der Waals surface area contributed by atoms with Gasteiger partial charge in [-0.1, -0.05) is 25.1 Å². The summed E-state index contributed by atoms with van der Waals surface area (Å²) < 4.78 is 21.3. The van der Waals surface area contributed by atoms with Crippen molar-refractivity contribution in [1.82, 2.24) is 4.90 Å². The average Bonchev–Trinajstić information content (AvgIpc) is 2.81. The van der Waals surface area contributed by atoms with Crippen LogP contribution in [0.25, 0.3) is 0 Å². The molecule has 2 atom stereocenters. The molecule has 120 valence electrons. The topological polar surface area (TPSA) is 93.1 Å². The quantitative estimate of drug-likeness (QED) is 0.808. The molecule has 1 aliphatic heterocycles. The molecule has 0 radical (unpaired) electrons. The fraction of sp³-hybridized carbons (Fsp3) is 0.429. The number of hydrogen-bond acceptors (Lipinski definition) is 5. The van der Waals surface area contributed by atoms with Gasteiger partial charge in [0.15, 0.2) is 6.73 Å². The zero-order valence-electron chi connectivity index (χ0n) is 12.4. The van der Waals surface area contributed by atoms with Gasteiger partial charge < -0.3 is 14.5 Å². The monoisotopic (exact) mass is 327 g/mol. The predicted octanol–water partition coefficient (Wildman–Crippen LogP) is 2.74. The van der Waals surface area contributed by atoms with Crippen LogP contribution in [-0.4, -0.2) is 34.2 Å². The maximum atomic E-state index is 12.1. The molecule has 2 unspecified atom stereocenters. The molecule has 0 spiro atoms. The van der Waals surface area contributed by atoms with Crippen LogP contribution in [0.4, 0.5) is 4.79 Å². The average molecular weight is 327 g/mol. The zero-order chi connectivity index (χ0) is 16.3. The van der Waals surface area contributed by atoms with Gasteiger partial charge in [0.05, 0.1) is 12.6 Å². The van der Waals surface area contributed by atoms with Gasteiger partial charge in [-0.05, 0) is 25.0 Å². The van der Waals surface area contributed by atoms with Crippen molar-refractivity contribution in [3.05, 3.63) is 35.4 Å². The largest absolute Gasteiger partial charge is 0.436 e. The predicted molar refractivity (Wildman–Crippen MR) is 78.3 cm³/mol. The highest BCUT2D eigenvalue weighted by atomic mass is 31.2. The molecule has 2 rings (SSSR count). The first-order valence-electron chi connectivity index (χ1n) is 6.91. The summed E-state index contributed by atoms with van der Waals surface area (Å²) in [6.07, 6.45) is -0.0568. The molecule has 0 aromatic heterocycles. The molecule has 0 bridgehead atoms. The van der Waals surface area contributed by atoms with E-state index in [-0.39, 0.29) is 12.6 Å². The van der Waals surface area contributed by atoms with Gasteiger partial charge in [-0.25, -0.2) is 9.36 Å². The van der Waals surface area contributed by atoms with Gasteiger partial charge in [0.2, 0.25) is 0 Å². The minimum atomic E-state index is -4.51. The molecule has 8 heteroatoms. The summed E-state index contributed by atoms with van der Waals surface area (Å²) in [6, 6.07) is 7.04. The van der Waals surface area contributed by atoms with Crippen LogP contribution in [-0.2, 0) is 20.4 Å². The van der Waals surface area contributed by atoms with Crippen LogP contribution in [0.3, 0.4) is 0 Å². The summed E-state index contributed by atoms with van der Waals surface area (Å²) in [5.74, 6) is -0.279. The summed E-state index contributed by atoms with van der Waals surface area (Å²) in [6.45, 7) is 3.25. The third kappa shape index (κ3) is 3.55. The van der Waals surface area contributed by atoms with Crippen LogP contribution in [0.1, 0.15) is 36.2 Å². The van der Waals surface area contributed by atoms with E-state index < -0.39 is 19.4 Å². The second kappa shape index (κ2) is 6.60. The van der Waals surface area contributed by atoms with Crippen LogP contribution >= 0.6 is 7.60 Å². The third-order valence-electron chi connectivity index (χ3n) is 3.37. The van der Waals surface area contributed by atoms with Crippen LogP contribution < -0.4 is 0 Å². The lowest BCUT2D eigenvalue weighted by Gasteiger charge is -2.18. The molecule has 1 aromatic carbocycles. The number of rotatable bonds is 6. The minimum absolute atomic E-state index is 0.279. The Kier molecular flexibility index (Phi) is 5.01. The van der Waals surface area contributed by atoms with E-state index >= 15 is 0 Å². The van der Waals surface area contributed by atoms with Gasteiger partial charge in [0, 0.05) is 5.56 Å². The molecule has 0 aliphatic carbocycles. The molecule has 22 heavy (non-hydrogen) atoms. The van der Waals surface area contributed by atoms with E-state index in [0.29, 0.717) is 18.5 Å². The normalized spacial score (nSPS) is 17.8. The highest BCUT2D eigenvalue weighted by Crippen LogP contribution is 2.45. The van der Waals surface area contributed by atoms with Crippen molar-refractivity contribution >= 4 is 19.2 Å². The first-order chi connectivity index (χ1) is 10.3. The van der Waals surface area contributed by atoms with Crippen molar-refractivity contribution in [3.63, 3.8) is 0 Å². The molecule has 0 fully saturated rings. The molecule has 1 N–H and O–H groups in total. The molecule has 1 aromatic rings. The standard InChI is InChI=1S/C14H18NO6P/c1-3-10(2)21-22(18,19)14(17)20-9-15-8-11-6-4-5-7-12(11)13(15)16/h4-7,10H,3,8-9H2,1-2H3,(H,18,19). The molecular weight excluding hydrogens is 309 g/mol. The maximum Gasteiger partial charge on any atom is 0.436 e. The fourth-order valence-corrected chi connectivity index (χ4v) is 2.94. The van der Waals surface area contributed by atoms with Gasteiger partial charge in [-0.3, -0.25) is 9.32 Å². The molecule has 1 aliphatic rings. The van der Waals surface area contributed by atoms with Crippen molar-refractivity contribution in [1.29, 1.82) is 0 Å². The number of amides is 1. The van der Waals surface area contributed by atoms with Gasteiger partial charge in [-0.15, -0.1) is 0 Å². The van der Waals surface area contributed by atoms with Crippen molar-refractivity contribution < 1.29 is 28.3 Å². The third-order valence-corrected chi connectivity index (χ3v) is 4.60. The number of benzene rings is 1. The van der Waals surface area contributed by atoms with Gasteiger partial charge >= 0.3 is 13.3 Å². The number of carbonyl (C=O) groups is 2. The summed E-state index contributed by atoms with van der Waals surface area (Å²) in [7, 11) is -4.51. The van der Waals surface area contributed by atoms with Crippen LogP contribution in [0, 0.1) is 0 Å². The second-order valence-corrected chi connectivity index (χ2v) is 6.66. The van der Waals surface area contributed by atoms with Crippen LogP contribution in [0.5, 0.6) is 0 Å². The Balaban J connectivity index is 1.93. The van der Waals surface area contributed by atoms with Crippen molar-refractivity contribution in [3.8, 4) is 0 Å². The van der Waals surface area contributed by atoms with E-state index in [1.54, 1.807) is 32.0 Å². The summed E-state index contributed by atoms with van der Waals surface area (Å²) in [5, 5.41) is 0. The highest BCUT2D eigenvalue weighted by molar-refractivity contribution is 7.70.